The fourth-order valence-corrected chi connectivity index (χ4v) is 3.90. The van der Waals surface area contributed by atoms with Crippen LogP contribution in [0.15, 0.2) is 24.3 Å². The molecule has 1 fully saturated rings. The van der Waals surface area contributed by atoms with Crippen LogP contribution in [0.25, 0.3) is 0 Å². The number of benzene rings is 1. The number of piperazine rings is 1. The summed E-state index contributed by atoms with van der Waals surface area (Å²) in [4.78, 5) is 4.49. The molecule has 26 heavy (non-hydrogen) atoms. The molecule has 0 saturated carbocycles. The second-order valence-corrected chi connectivity index (χ2v) is 7.09. The molecule has 0 unspecified atom stereocenters. The minimum absolute atomic E-state index is 0.148. The molecular weight excluding hydrogens is 351 g/mol. The number of methoxy groups -OCH3 is 1. The number of aromatic nitrogens is 2. The van der Waals surface area contributed by atoms with Crippen LogP contribution in [0, 0.1) is 24.4 Å². The SMILES string of the molecule is COCCn1c(C)c(C)n(CN2CCN(c3ccccc3F)CC2)c1=S. The summed E-state index contributed by atoms with van der Waals surface area (Å²) in [5.74, 6) is -0.148. The maximum atomic E-state index is 14.0. The molecule has 1 aromatic heterocycles. The molecule has 1 aliphatic rings. The highest BCUT2D eigenvalue weighted by molar-refractivity contribution is 7.71. The van der Waals surface area contributed by atoms with Crippen molar-refractivity contribution in [1.29, 1.82) is 0 Å². The highest BCUT2D eigenvalue weighted by atomic mass is 32.1. The van der Waals surface area contributed by atoms with E-state index in [1.54, 1.807) is 13.2 Å². The Morgan fingerprint density at radius 2 is 1.69 bits per heavy atom. The average Bonchev–Trinajstić information content (AvgIpc) is 2.85. The van der Waals surface area contributed by atoms with Crippen LogP contribution in [0.1, 0.15) is 11.4 Å². The van der Waals surface area contributed by atoms with Gasteiger partial charge in [-0.05, 0) is 38.2 Å². The van der Waals surface area contributed by atoms with Crippen molar-refractivity contribution in [3.05, 3.63) is 46.2 Å². The molecule has 0 N–H and O–H groups in total. The van der Waals surface area contributed by atoms with Gasteiger partial charge in [0.05, 0.1) is 19.0 Å². The first-order chi connectivity index (χ1) is 12.5. The number of nitrogens with zero attached hydrogens (tertiary/aromatic N) is 4. The van der Waals surface area contributed by atoms with Crippen LogP contribution in [0.4, 0.5) is 10.1 Å². The van der Waals surface area contributed by atoms with Gasteiger partial charge in [0.2, 0.25) is 0 Å². The number of imidazole rings is 1. The summed E-state index contributed by atoms with van der Waals surface area (Å²) in [5.41, 5.74) is 3.08. The molecule has 3 rings (SSSR count). The van der Waals surface area contributed by atoms with Crippen molar-refractivity contribution < 1.29 is 9.13 Å². The third-order valence-electron chi connectivity index (χ3n) is 5.22. The van der Waals surface area contributed by atoms with Crippen molar-refractivity contribution in [1.82, 2.24) is 14.0 Å². The molecule has 7 heteroatoms. The first-order valence-corrected chi connectivity index (χ1v) is 9.41. The first-order valence-electron chi connectivity index (χ1n) is 9.00. The highest BCUT2D eigenvalue weighted by Gasteiger charge is 2.21. The molecule has 2 heterocycles. The van der Waals surface area contributed by atoms with Crippen molar-refractivity contribution >= 4 is 17.9 Å². The van der Waals surface area contributed by atoms with Crippen molar-refractivity contribution in [2.45, 2.75) is 27.1 Å². The van der Waals surface area contributed by atoms with Crippen molar-refractivity contribution in [2.75, 3.05) is 44.8 Å². The van der Waals surface area contributed by atoms with Gasteiger partial charge < -0.3 is 18.8 Å². The third-order valence-corrected chi connectivity index (χ3v) is 5.66. The lowest BCUT2D eigenvalue weighted by Gasteiger charge is -2.36. The fraction of sp³-hybridized carbons (Fsp3) is 0.526. The number of halogens is 1. The lowest BCUT2D eigenvalue weighted by Crippen LogP contribution is -2.47. The molecule has 0 amide bonds. The van der Waals surface area contributed by atoms with E-state index in [0.717, 1.165) is 44.2 Å². The summed E-state index contributed by atoms with van der Waals surface area (Å²) in [5, 5.41) is 0. The molecule has 0 atom stereocenters. The third kappa shape index (κ3) is 3.84. The van der Waals surface area contributed by atoms with Gasteiger partial charge in [-0.1, -0.05) is 12.1 Å². The molecule has 5 nitrogen and oxygen atoms in total. The summed E-state index contributed by atoms with van der Waals surface area (Å²) in [7, 11) is 1.71. The number of anilines is 1. The van der Waals surface area contributed by atoms with Gasteiger partial charge in [-0.15, -0.1) is 0 Å². The second-order valence-electron chi connectivity index (χ2n) is 6.72. The molecular formula is C19H27FN4OS. The van der Waals surface area contributed by atoms with Gasteiger partial charge in [-0.25, -0.2) is 4.39 Å². The Bertz CT molecular complexity index is 808. The van der Waals surface area contributed by atoms with E-state index in [4.69, 9.17) is 17.0 Å². The van der Waals surface area contributed by atoms with E-state index in [1.165, 1.54) is 17.5 Å². The maximum Gasteiger partial charge on any atom is 0.181 e. The normalized spacial score (nSPS) is 15.6. The minimum Gasteiger partial charge on any atom is -0.383 e. The van der Waals surface area contributed by atoms with Gasteiger partial charge in [-0.3, -0.25) is 4.90 Å². The van der Waals surface area contributed by atoms with Crippen molar-refractivity contribution in [2.24, 2.45) is 0 Å². The van der Waals surface area contributed by atoms with E-state index < -0.39 is 0 Å². The molecule has 0 aliphatic carbocycles. The standard InChI is InChI=1S/C19H27FN4OS/c1-15-16(2)24(19(26)23(15)12-13-25-3)14-21-8-10-22(11-9-21)18-7-5-4-6-17(18)20/h4-7H,8-14H2,1-3H3. The minimum atomic E-state index is -0.148. The first kappa shape index (κ1) is 19.1. The number of ether oxygens (including phenoxy) is 1. The second kappa shape index (κ2) is 8.33. The average molecular weight is 379 g/mol. The lowest BCUT2D eigenvalue weighted by atomic mass is 10.2. The van der Waals surface area contributed by atoms with Crippen LogP contribution in [0.3, 0.4) is 0 Å². The number of hydrogen-bond acceptors (Lipinski definition) is 4. The summed E-state index contributed by atoms with van der Waals surface area (Å²) in [6.45, 7) is 9.83. The van der Waals surface area contributed by atoms with Crippen LogP contribution in [0.5, 0.6) is 0 Å². The number of rotatable bonds is 6. The van der Waals surface area contributed by atoms with E-state index in [1.807, 2.05) is 12.1 Å². The number of hydrogen-bond donors (Lipinski definition) is 0. The molecule has 0 radical (unpaired) electrons. The summed E-state index contributed by atoms with van der Waals surface area (Å²) in [6, 6.07) is 7.00. The Labute approximate surface area is 159 Å². The topological polar surface area (TPSA) is 25.6 Å². The molecule has 1 saturated heterocycles. The van der Waals surface area contributed by atoms with E-state index in [2.05, 4.69) is 32.8 Å². The van der Waals surface area contributed by atoms with E-state index in [0.29, 0.717) is 12.3 Å². The lowest BCUT2D eigenvalue weighted by molar-refractivity contribution is 0.184. The Kier molecular flexibility index (Phi) is 6.11. The Morgan fingerprint density at radius 3 is 2.35 bits per heavy atom. The zero-order valence-electron chi connectivity index (χ0n) is 15.7. The maximum absolute atomic E-state index is 14.0. The van der Waals surface area contributed by atoms with Crippen molar-refractivity contribution in [3.63, 3.8) is 0 Å². The zero-order valence-corrected chi connectivity index (χ0v) is 16.6. The van der Waals surface area contributed by atoms with Crippen LogP contribution in [-0.2, 0) is 18.0 Å². The van der Waals surface area contributed by atoms with E-state index in [-0.39, 0.29) is 5.82 Å². The summed E-state index contributed by atoms with van der Waals surface area (Å²) < 4.78 is 24.4. The van der Waals surface area contributed by atoms with Gasteiger partial charge in [0, 0.05) is 51.2 Å². The van der Waals surface area contributed by atoms with Gasteiger partial charge >= 0.3 is 0 Å². The fourth-order valence-electron chi connectivity index (χ4n) is 3.47. The Balaban J connectivity index is 1.67. The van der Waals surface area contributed by atoms with Gasteiger partial charge in [-0.2, -0.15) is 0 Å². The smallest absolute Gasteiger partial charge is 0.181 e. The molecule has 0 bridgehead atoms. The van der Waals surface area contributed by atoms with Crippen LogP contribution in [0.2, 0.25) is 0 Å². The Hall–Kier alpha value is -1.70. The van der Waals surface area contributed by atoms with Gasteiger partial charge in [0.25, 0.3) is 0 Å². The largest absolute Gasteiger partial charge is 0.383 e. The molecule has 142 valence electrons. The molecule has 2 aromatic rings. The molecule has 1 aliphatic heterocycles. The predicted molar refractivity (Wildman–Crippen MR) is 105 cm³/mol. The molecule has 1 aromatic carbocycles. The number of para-hydroxylation sites is 1. The van der Waals surface area contributed by atoms with Gasteiger partial charge in [0.1, 0.15) is 5.82 Å². The summed E-state index contributed by atoms with van der Waals surface area (Å²) >= 11 is 5.68. The van der Waals surface area contributed by atoms with Gasteiger partial charge in [0.15, 0.2) is 4.77 Å². The quantitative estimate of drug-likeness (QED) is 0.721. The highest BCUT2D eigenvalue weighted by Crippen LogP contribution is 2.21. The van der Waals surface area contributed by atoms with Crippen LogP contribution in [-0.4, -0.2) is 53.9 Å². The molecule has 0 spiro atoms. The van der Waals surface area contributed by atoms with Crippen LogP contribution >= 0.6 is 12.2 Å². The van der Waals surface area contributed by atoms with Crippen molar-refractivity contribution in [3.8, 4) is 0 Å². The summed E-state index contributed by atoms with van der Waals surface area (Å²) in [6.07, 6.45) is 0. The van der Waals surface area contributed by atoms with E-state index >= 15 is 0 Å². The monoisotopic (exact) mass is 378 g/mol. The predicted octanol–water partition coefficient (Wildman–Crippen LogP) is 3.20. The van der Waals surface area contributed by atoms with Crippen LogP contribution < -0.4 is 4.90 Å². The van der Waals surface area contributed by atoms with E-state index in [9.17, 15) is 4.39 Å². The Morgan fingerprint density at radius 1 is 1.04 bits per heavy atom. The zero-order chi connectivity index (χ0) is 18.7.